The lowest BCUT2D eigenvalue weighted by atomic mass is 10.0. The molecule has 0 atom stereocenters. The zero-order valence-corrected chi connectivity index (χ0v) is 10.9. The zero-order chi connectivity index (χ0) is 12.8. The van der Waals surface area contributed by atoms with E-state index in [0.717, 1.165) is 30.0 Å². The third-order valence-electron chi connectivity index (χ3n) is 3.94. The SMILES string of the molecule is CC1(C)Nc2c(noc2C2CCCC2)CNC1=O. The van der Waals surface area contributed by atoms with E-state index in [1.54, 1.807) is 0 Å². The van der Waals surface area contributed by atoms with E-state index in [2.05, 4.69) is 15.8 Å². The number of fused-ring (bicyclic) bond motifs is 1. The summed E-state index contributed by atoms with van der Waals surface area (Å²) in [4.78, 5) is 11.9. The average Bonchev–Trinajstić information content (AvgIpc) is 2.92. The van der Waals surface area contributed by atoms with Crippen molar-refractivity contribution in [3.05, 3.63) is 11.5 Å². The molecule has 0 bridgehead atoms. The van der Waals surface area contributed by atoms with E-state index in [1.165, 1.54) is 12.8 Å². The Kier molecular flexibility index (Phi) is 2.57. The van der Waals surface area contributed by atoms with Crippen LogP contribution in [0.25, 0.3) is 0 Å². The van der Waals surface area contributed by atoms with Gasteiger partial charge < -0.3 is 15.2 Å². The smallest absolute Gasteiger partial charge is 0.245 e. The van der Waals surface area contributed by atoms with Crippen LogP contribution in [0, 0.1) is 0 Å². The van der Waals surface area contributed by atoms with Crippen LogP contribution in [0.1, 0.15) is 56.9 Å². The second kappa shape index (κ2) is 4.00. The molecule has 1 fully saturated rings. The summed E-state index contributed by atoms with van der Waals surface area (Å²) in [5, 5.41) is 10.3. The summed E-state index contributed by atoms with van der Waals surface area (Å²) in [6.45, 7) is 4.20. The van der Waals surface area contributed by atoms with Crippen LogP contribution in [0.5, 0.6) is 0 Å². The molecule has 1 amide bonds. The zero-order valence-electron chi connectivity index (χ0n) is 10.9. The Balaban J connectivity index is 1.97. The number of nitrogens with one attached hydrogen (secondary N) is 2. The van der Waals surface area contributed by atoms with Crippen LogP contribution in [-0.2, 0) is 11.3 Å². The maximum Gasteiger partial charge on any atom is 0.245 e. The lowest BCUT2D eigenvalue weighted by Gasteiger charge is -2.23. The van der Waals surface area contributed by atoms with Gasteiger partial charge in [0.15, 0.2) is 5.76 Å². The monoisotopic (exact) mass is 249 g/mol. The first-order chi connectivity index (χ1) is 8.58. The van der Waals surface area contributed by atoms with E-state index in [4.69, 9.17) is 4.52 Å². The molecule has 3 rings (SSSR count). The minimum absolute atomic E-state index is 0.00197. The van der Waals surface area contributed by atoms with Gasteiger partial charge in [0.1, 0.15) is 16.9 Å². The lowest BCUT2D eigenvalue weighted by Crippen LogP contribution is -2.45. The van der Waals surface area contributed by atoms with E-state index >= 15 is 0 Å². The van der Waals surface area contributed by atoms with Gasteiger partial charge in [0.25, 0.3) is 0 Å². The van der Waals surface area contributed by atoms with Gasteiger partial charge in [-0.1, -0.05) is 18.0 Å². The van der Waals surface area contributed by atoms with Crippen LogP contribution >= 0.6 is 0 Å². The van der Waals surface area contributed by atoms with Gasteiger partial charge in [0.05, 0.1) is 6.54 Å². The van der Waals surface area contributed by atoms with Crippen LogP contribution in [0.15, 0.2) is 4.52 Å². The largest absolute Gasteiger partial charge is 0.367 e. The molecule has 98 valence electrons. The van der Waals surface area contributed by atoms with Crippen molar-refractivity contribution in [2.45, 2.75) is 57.5 Å². The summed E-state index contributed by atoms with van der Waals surface area (Å²) < 4.78 is 5.52. The Morgan fingerprint density at radius 1 is 1.33 bits per heavy atom. The minimum atomic E-state index is -0.621. The summed E-state index contributed by atoms with van der Waals surface area (Å²) in [6.07, 6.45) is 4.82. The predicted molar refractivity (Wildman–Crippen MR) is 67.3 cm³/mol. The average molecular weight is 249 g/mol. The van der Waals surface area contributed by atoms with Crippen molar-refractivity contribution >= 4 is 11.6 Å². The fraction of sp³-hybridized carbons (Fsp3) is 0.692. The molecular weight excluding hydrogens is 230 g/mol. The van der Waals surface area contributed by atoms with Gasteiger partial charge >= 0.3 is 0 Å². The Labute approximate surface area is 106 Å². The maximum absolute atomic E-state index is 11.9. The molecule has 0 radical (unpaired) electrons. The molecule has 0 spiro atoms. The Bertz CT molecular complexity index is 473. The molecule has 2 N–H and O–H groups in total. The first-order valence-corrected chi connectivity index (χ1v) is 6.63. The summed E-state index contributed by atoms with van der Waals surface area (Å²) >= 11 is 0. The highest BCUT2D eigenvalue weighted by Gasteiger charge is 2.36. The quantitative estimate of drug-likeness (QED) is 0.800. The van der Waals surface area contributed by atoms with Crippen LogP contribution < -0.4 is 10.6 Å². The molecule has 1 aromatic rings. The van der Waals surface area contributed by atoms with E-state index in [0.29, 0.717) is 12.5 Å². The number of carbonyl (C=O) groups excluding carboxylic acids is 1. The lowest BCUT2D eigenvalue weighted by molar-refractivity contribution is -0.124. The van der Waals surface area contributed by atoms with Gasteiger partial charge in [0.2, 0.25) is 5.91 Å². The van der Waals surface area contributed by atoms with Crippen molar-refractivity contribution in [3.63, 3.8) is 0 Å². The van der Waals surface area contributed by atoms with E-state index < -0.39 is 5.54 Å². The first kappa shape index (κ1) is 11.6. The Morgan fingerprint density at radius 2 is 2.06 bits per heavy atom. The number of anilines is 1. The van der Waals surface area contributed by atoms with Gasteiger partial charge in [-0.3, -0.25) is 4.79 Å². The second-order valence-electron chi connectivity index (χ2n) is 5.78. The number of aromatic nitrogens is 1. The molecule has 18 heavy (non-hydrogen) atoms. The number of nitrogens with zero attached hydrogens (tertiary/aromatic N) is 1. The Morgan fingerprint density at radius 3 is 2.78 bits per heavy atom. The molecule has 2 aliphatic rings. The molecule has 1 aliphatic heterocycles. The predicted octanol–water partition coefficient (Wildman–Crippen LogP) is 2.15. The maximum atomic E-state index is 11.9. The third kappa shape index (κ3) is 1.78. The van der Waals surface area contributed by atoms with Gasteiger partial charge in [-0.15, -0.1) is 0 Å². The number of hydrogen-bond acceptors (Lipinski definition) is 4. The molecule has 1 aliphatic carbocycles. The normalized spacial score (nSPS) is 23.1. The van der Waals surface area contributed by atoms with E-state index in [-0.39, 0.29) is 5.91 Å². The molecular formula is C13H19N3O2. The van der Waals surface area contributed by atoms with Gasteiger partial charge in [-0.25, -0.2) is 0 Å². The van der Waals surface area contributed by atoms with Crippen molar-refractivity contribution in [1.82, 2.24) is 10.5 Å². The molecule has 0 unspecified atom stereocenters. The highest BCUT2D eigenvalue weighted by Crippen LogP contribution is 2.40. The van der Waals surface area contributed by atoms with Crippen LogP contribution in [-0.4, -0.2) is 16.6 Å². The van der Waals surface area contributed by atoms with Crippen molar-refractivity contribution in [1.29, 1.82) is 0 Å². The fourth-order valence-corrected chi connectivity index (χ4v) is 2.81. The molecule has 1 aromatic heterocycles. The fourth-order valence-electron chi connectivity index (χ4n) is 2.81. The second-order valence-corrected chi connectivity index (χ2v) is 5.78. The summed E-state index contributed by atoms with van der Waals surface area (Å²) in [5.41, 5.74) is 1.13. The number of amides is 1. The van der Waals surface area contributed by atoms with Gasteiger partial charge in [-0.05, 0) is 26.7 Å². The first-order valence-electron chi connectivity index (χ1n) is 6.63. The number of carbonyl (C=O) groups is 1. The van der Waals surface area contributed by atoms with Crippen molar-refractivity contribution < 1.29 is 9.32 Å². The van der Waals surface area contributed by atoms with E-state index in [1.807, 2.05) is 13.8 Å². The van der Waals surface area contributed by atoms with Gasteiger partial charge in [0, 0.05) is 5.92 Å². The molecule has 5 heteroatoms. The molecule has 2 heterocycles. The van der Waals surface area contributed by atoms with Crippen molar-refractivity contribution in [2.24, 2.45) is 0 Å². The molecule has 0 saturated heterocycles. The van der Waals surface area contributed by atoms with Crippen molar-refractivity contribution in [3.8, 4) is 0 Å². The molecule has 0 aromatic carbocycles. The van der Waals surface area contributed by atoms with Crippen LogP contribution in [0.2, 0.25) is 0 Å². The summed E-state index contributed by atoms with van der Waals surface area (Å²) in [5.74, 6) is 1.39. The highest BCUT2D eigenvalue weighted by atomic mass is 16.5. The van der Waals surface area contributed by atoms with Gasteiger partial charge in [-0.2, -0.15) is 0 Å². The van der Waals surface area contributed by atoms with Crippen molar-refractivity contribution in [2.75, 3.05) is 5.32 Å². The topological polar surface area (TPSA) is 67.2 Å². The number of rotatable bonds is 1. The number of hydrogen-bond donors (Lipinski definition) is 2. The minimum Gasteiger partial charge on any atom is -0.367 e. The van der Waals surface area contributed by atoms with Crippen LogP contribution in [0.3, 0.4) is 0 Å². The standard InChI is InChI=1S/C13H19N3O2/c1-13(2)12(17)14-7-9-10(15-13)11(18-16-9)8-5-3-4-6-8/h8,15H,3-7H2,1-2H3,(H,14,17). The highest BCUT2D eigenvalue weighted by molar-refractivity contribution is 5.90. The molecule has 1 saturated carbocycles. The van der Waals surface area contributed by atoms with Crippen LogP contribution in [0.4, 0.5) is 5.69 Å². The summed E-state index contributed by atoms with van der Waals surface area (Å²) in [6, 6.07) is 0. The third-order valence-corrected chi connectivity index (χ3v) is 3.94. The Hall–Kier alpha value is -1.52. The molecule has 5 nitrogen and oxygen atoms in total. The summed E-state index contributed by atoms with van der Waals surface area (Å²) in [7, 11) is 0. The van der Waals surface area contributed by atoms with E-state index in [9.17, 15) is 4.79 Å².